The minimum atomic E-state index is 0.646. The van der Waals surface area contributed by atoms with Crippen molar-refractivity contribution in [3.05, 3.63) is 67.3 Å². The molecule has 0 spiro atoms. The summed E-state index contributed by atoms with van der Waals surface area (Å²) < 4.78 is 14.8. The number of nitrogens with zero attached hydrogens (tertiary/aromatic N) is 4. The van der Waals surface area contributed by atoms with Crippen molar-refractivity contribution in [1.29, 1.82) is 0 Å². The van der Waals surface area contributed by atoms with Crippen LogP contribution in [0.1, 0.15) is 0 Å². The third kappa shape index (κ3) is 3.00. The lowest BCUT2D eigenvalue weighted by atomic mass is 10.1. The second-order valence-corrected chi connectivity index (χ2v) is 7.03. The van der Waals surface area contributed by atoms with E-state index in [9.17, 15) is 0 Å². The molecule has 7 nitrogen and oxygen atoms in total. The normalized spacial score (nSPS) is 11.2. The van der Waals surface area contributed by atoms with Crippen LogP contribution in [0.5, 0.6) is 11.5 Å². The third-order valence-electron chi connectivity index (χ3n) is 5.20. The van der Waals surface area contributed by atoms with Crippen LogP contribution in [0.25, 0.3) is 27.8 Å². The quantitative estimate of drug-likeness (QED) is 0.466. The smallest absolute Gasteiger partial charge is 0.180 e. The van der Waals surface area contributed by atoms with E-state index >= 15 is 0 Å². The van der Waals surface area contributed by atoms with Gasteiger partial charge in [0.05, 0.1) is 19.9 Å². The Bertz CT molecular complexity index is 1370. The molecule has 1 N–H and O–H groups in total. The van der Waals surface area contributed by atoms with Crippen LogP contribution in [-0.4, -0.2) is 33.2 Å². The number of anilines is 2. The highest BCUT2D eigenvalue weighted by Gasteiger charge is 2.12. The molecule has 0 aliphatic rings. The van der Waals surface area contributed by atoms with Gasteiger partial charge in [0.15, 0.2) is 23.0 Å². The summed E-state index contributed by atoms with van der Waals surface area (Å²) in [5.41, 5.74) is 4.63. The van der Waals surface area contributed by atoms with Crippen molar-refractivity contribution in [2.75, 3.05) is 19.5 Å². The number of ether oxygens (including phenoxy) is 2. The van der Waals surface area contributed by atoms with E-state index in [1.54, 1.807) is 20.4 Å². The average molecular weight is 399 g/mol. The largest absolute Gasteiger partial charge is 0.493 e. The Morgan fingerprint density at radius 2 is 1.80 bits per heavy atom. The maximum absolute atomic E-state index is 5.42. The zero-order chi connectivity index (χ0) is 20.7. The number of benzene rings is 2. The molecule has 5 aromatic rings. The first-order valence-corrected chi connectivity index (χ1v) is 9.54. The van der Waals surface area contributed by atoms with E-state index in [4.69, 9.17) is 14.5 Å². The van der Waals surface area contributed by atoms with Gasteiger partial charge in [-0.3, -0.25) is 0 Å². The van der Waals surface area contributed by atoms with Crippen LogP contribution in [-0.2, 0) is 7.05 Å². The summed E-state index contributed by atoms with van der Waals surface area (Å²) in [4.78, 5) is 9.34. The molecule has 30 heavy (non-hydrogen) atoms. The van der Waals surface area contributed by atoms with Crippen molar-refractivity contribution in [1.82, 2.24) is 18.9 Å². The molecule has 5 rings (SSSR count). The van der Waals surface area contributed by atoms with Crippen molar-refractivity contribution in [3.8, 4) is 22.8 Å². The number of aryl methyl sites for hydroxylation is 1. The van der Waals surface area contributed by atoms with Crippen LogP contribution in [0.3, 0.4) is 0 Å². The molecule has 0 radical (unpaired) electrons. The Balaban J connectivity index is 1.60. The topological polar surface area (TPSA) is 65.6 Å². The molecular weight excluding hydrogens is 378 g/mol. The van der Waals surface area contributed by atoms with Crippen LogP contribution in [0.4, 0.5) is 11.5 Å². The highest BCUT2D eigenvalue weighted by Crippen LogP contribution is 2.32. The molecule has 0 saturated heterocycles. The summed E-state index contributed by atoms with van der Waals surface area (Å²) in [7, 11) is 5.28. The van der Waals surface area contributed by atoms with Crippen LogP contribution in [0, 0.1) is 0 Å². The van der Waals surface area contributed by atoms with Crippen molar-refractivity contribution in [2.45, 2.75) is 0 Å². The van der Waals surface area contributed by atoms with E-state index in [0.717, 1.165) is 28.1 Å². The average Bonchev–Trinajstić information content (AvgIpc) is 3.40. The fraction of sp³-hybridized carbons (Fsp3) is 0.130. The predicted octanol–water partition coefficient (Wildman–Crippen LogP) is 4.65. The summed E-state index contributed by atoms with van der Waals surface area (Å²) in [5.74, 6) is 1.98. The first-order valence-electron chi connectivity index (χ1n) is 9.54. The standard InChI is InChI=1S/C23H21N5O2/c1-27-10-8-15-4-5-16(12-19(15)27)18-14-28-11-9-24-23(28)22(26-18)25-17-6-7-20(29-2)21(13-17)30-3/h4-14H,1-3H3,(H,25,26). The molecule has 0 amide bonds. The van der Waals surface area contributed by atoms with Gasteiger partial charge in [0, 0.05) is 54.7 Å². The summed E-state index contributed by atoms with van der Waals surface area (Å²) in [6.45, 7) is 0. The number of aromatic nitrogens is 4. The first kappa shape index (κ1) is 18.1. The molecule has 0 aliphatic carbocycles. The number of fused-ring (bicyclic) bond motifs is 2. The van der Waals surface area contributed by atoms with E-state index in [0.29, 0.717) is 17.3 Å². The van der Waals surface area contributed by atoms with Crippen LogP contribution < -0.4 is 14.8 Å². The van der Waals surface area contributed by atoms with Crippen LogP contribution in [0.2, 0.25) is 0 Å². The molecular formula is C23H21N5O2. The molecule has 2 aromatic carbocycles. The van der Waals surface area contributed by atoms with Crippen molar-refractivity contribution >= 4 is 28.1 Å². The highest BCUT2D eigenvalue weighted by molar-refractivity contribution is 5.85. The monoisotopic (exact) mass is 399 g/mol. The van der Waals surface area contributed by atoms with E-state index < -0.39 is 0 Å². The van der Waals surface area contributed by atoms with Gasteiger partial charge in [0.1, 0.15) is 0 Å². The molecule has 0 saturated carbocycles. The molecule has 0 aliphatic heterocycles. The zero-order valence-corrected chi connectivity index (χ0v) is 17.0. The van der Waals surface area contributed by atoms with Gasteiger partial charge in [0.2, 0.25) is 0 Å². The predicted molar refractivity (Wildman–Crippen MR) is 118 cm³/mol. The summed E-state index contributed by atoms with van der Waals surface area (Å²) in [5, 5.41) is 4.58. The Labute approximate surface area is 173 Å². The Kier molecular flexibility index (Phi) is 4.28. The fourth-order valence-electron chi connectivity index (χ4n) is 3.63. The maximum atomic E-state index is 5.42. The van der Waals surface area contributed by atoms with Crippen molar-refractivity contribution in [2.24, 2.45) is 7.05 Å². The molecule has 7 heteroatoms. The van der Waals surface area contributed by atoms with E-state index in [1.807, 2.05) is 42.0 Å². The number of hydrogen-bond donors (Lipinski definition) is 1. The van der Waals surface area contributed by atoms with Gasteiger partial charge in [-0.1, -0.05) is 12.1 Å². The van der Waals surface area contributed by atoms with Crippen LogP contribution >= 0.6 is 0 Å². The third-order valence-corrected chi connectivity index (χ3v) is 5.20. The number of methoxy groups -OCH3 is 2. The molecule has 0 unspecified atom stereocenters. The molecule has 3 heterocycles. The highest BCUT2D eigenvalue weighted by atomic mass is 16.5. The summed E-state index contributed by atoms with van der Waals surface area (Å²) >= 11 is 0. The van der Waals surface area contributed by atoms with Gasteiger partial charge in [-0.2, -0.15) is 0 Å². The van der Waals surface area contributed by atoms with Crippen molar-refractivity contribution in [3.63, 3.8) is 0 Å². The molecule has 3 aromatic heterocycles. The lowest BCUT2D eigenvalue weighted by Gasteiger charge is -2.13. The minimum absolute atomic E-state index is 0.646. The Morgan fingerprint density at radius 1 is 0.933 bits per heavy atom. The van der Waals surface area contributed by atoms with Gasteiger partial charge in [-0.05, 0) is 29.7 Å². The molecule has 0 fully saturated rings. The SMILES string of the molecule is COc1ccc(Nc2nc(-c3ccc4ccn(C)c4c3)cn3ccnc23)cc1OC. The fourth-order valence-corrected chi connectivity index (χ4v) is 3.63. The van der Waals surface area contributed by atoms with E-state index in [1.165, 1.54) is 5.39 Å². The van der Waals surface area contributed by atoms with E-state index in [-0.39, 0.29) is 0 Å². The number of imidazole rings is 1. The van der Waals surface area contributed by atoms with E-state index in [2.05, 4.69) is 45.3 Å². The number of rotatable bonds is 5. The van der Waals surface area contributed by atoms with Crippen LogP contribution in [0.15, 0.2) is 67.3 Å². The van der Waals surface area contributed by atoms with Gasteiger partial charge in [-0.25, -0.2) is 9.97 Å². The van der Waals surface area contributed by atoms with Crippen molar-refractivity contribution < 1.29 is 9.47 Å². The van der Waals surface area contributed by atoms with Gasteiger partial charge >= 0.3 is 0 Å². The zero-order valence-electron chi connectivity index (χ0n) is 17.0. The molecule has 0 bridgehead atoms. The second kappa shape index (κ2) is 7.11. The Morgan fingerprint density at radius 3 is 2.63 bits per heavy atom. The van der Waals surface area contributed by atoms with Gasteiger partial charge in [-0.15, -0.1) is 0 Å². The minimum Gasteiger partial charge on any atom is -0.493 e. The molecule has 0 atom stereocenters. The summed E-state index contributed by atoms with van der Waals surface area (Å²) in [6, 6.07) is 14.1. The maximum Gasteiger partial charge on any atom is 0.180 e. The first-order chi connectivity index (χ1) is 14.7. The Hall–Kier alpha value is -4.00. The van der Waals surface area contributed by atoms with Gasteiger partial charge < -0.3 is 23.8 Å². The number of nitrogens with one attached hydrogen (secondary N) is 1. The number of hydrogen-bond acceptors (Lipinski definition) is 5. The lowest BCUT2D eigenvalue weighted by Crippen LogP contribution is -2.01. The lowest BCUT2D eigenvalue weighted by molar-refractivity contribution is 0.355. The summed E-state index contributed by atoms with van der Waals surface area (Å²) in [6.07, 6.45) is 7.74. The van der Waals surface area contributed by atoms with Gasteiger partial charge in [0.25, 0.3) is 0 Å². The molecule has 150 valence electrons. The second-order valence-electron chi connectivity index (χ2n) is 7.03.